The maximum atomic E-state index is 11.7. The molecule has 2 rings (SSSR count). The number of esters is 1. The van der Waals surface area contributed by atoms with Gasteiger partial charge < -0.3 is 4.74 Å². The van der Waals surface area contributed by atoms with Crippen LogP contribution < -0.4 is 0 Å². The van der Waals surface area contributed by atoms with Gasteiger partial charge in [0.05, 0.1) is 19.2 Å². The number of carbonyl (C=O) groups excluding carboxylic acids is 1. The molecule has 4 heteroatoms. The standard InChI is InChI=1S/C16H12BrNO2/c1-18-15-5-3-4-12(9-15)13-6-11(10-17)7-14(8-13)16(19)20-2/h3-9H,10H2,2H3. The Hall–Kier alpha value is -2.12. The number of alkyl halides is 1. The van der Waals surface area contributed by atoms with Crippen molar-refractivity contribution in [1.29, 1.82) is 0 Å². The molecular weight excluding hydrogens is 318 g/mol. The first-order valence-electron chi connectivity index (χ1n) is 5.94. The molecule has 100 valence electrons. The van der Waals surface area contributed by atoms with Crippen LogP contribution in [0, 0.1) is 6.57 Å². The Bertz CT molecular complexity index is 689. The zero-order valence-corrected chi connectivity index (χ0v) is 12.5. The van der Waals surface area contributed by atoms with Gasteiger partial charge in [-0.1, -0.05) is 40.2 Å². The molecule has 0 spiro atoms. The summed E-state index contributed by atoms with van der Waals surface area (Å²) < 4.78 is 4.77. The van der Waals surface area contributed by atoms with E-state index in [1.165, 1.54) is 7.11 Å². The van der Waals surface area contributed by atoms with Gasteiger partial charge in [-0.3, -0.25) is 0 Å². The number of methoxy groups -OCH3 is 1. The minimum Gasteiger partial charge on any atom is -0.465 e. The number of benzene rings is 2. The normalized spacial score (nSPS) is 9.85. The van der Waals surface area contributed by atoms with Gasteiger partial charge in [-0.25, -0.2) is 9.64 Å². The molecule has 2 aromatic rings. The van der Waals surface area contributed by atoms with Crippen LogP contribution >= 0.6 is 15.9 Å². The molecule has 0 radical (unpaired) electrons. The van der Waals surface area contributed by atoms with E-state index in [0.717, 1.165) is 16.7 Å². The SMILES string of the molecule is [C-]#[N+]c1cccc(-c2cc(CBr)cc(C(=O)OC)c2)c1. The Morgan fingerprint density at radius 2 is 2.05 bits per heavy atom. The second-order valence-electron chi connectivity index (χ2n) is 4.21. The van der Waals surface area contributed by atoms with Gasteiger partial charge in [0.2, 0.25) is 0 Å². The van der Waals surface area contributed by atoms with Crippen molar-refractivity contribution in [1.82, 2.24) is 0 Å². The van der Waals surface area contributed by atoms with Crippen molar-refractivity contribution < 1.29 is 9.53 Å². The largest absolute Gasteiger partial charge is 0.465 e. The smallest absolute Gasteiger partial charge is 0.337 e. The molecule has 20 heavy (non-hydrogen) atoms. The van der Waals surface area contributed by atoms with Gasteiger partial charge in [0, 0.05) is 5.33 Å². The summed E-state index contributed by atoms with van der Waals surface area (Å²) in [6.45, 7) is 7.06. The topological polar surface area (TPSA) is 30.7 Å². The van der Waals surface area contributed by atoms with Crippen LogP contribution in [0.15, 0.2) is 42.5 Å². The third-order valence-corrected chi connectivity index (χ3v) is 3.52. The summed E-state index contributed by atoms with van der Waals surface area (Å²) in [6, 6.07) is 12.9. The Labute approximate surface area is 126 Å². The minimum atomic E-state index is -0.365. The summed E-state index contributed by atoms with van der Waals surface area (Å²) in [5, 5.41) is 0.646. The highest BCUT2D eigenvalue weighted by molar-refractivity contribution is 9.08. The molecular formula is C16H12BrNO2. The van der Waals surface area contributed by atoms with Gasteiger partial charge in [-0.2, -0.15) is 0 Å². The molecule has 0 saturated carbocycles. The van der Waals surface area contributed by atoms with E-state index in [1.54, 1.807) is 24.3 Å². The number of carbonyl (C=O) groups is 1. The average molecular weight is 330 g/mol. The molecule has 0 aliphatic heterocycles. The third-order valence-electron chi connectivity index (χ3n) is 2.88. The second-order valence-corrected chi connectivity index (χ2v) is 4.77. The summed E-state index contributed by atoms with van der Waals surface area (Å²) in [5.74, 6) is -0.365. The van der Waals surface area contributed by atoms with Crippen LogP contribution in [0.5, 0.6) is 0 Å². The Balaban J connectivity index is 2.55. The molecule has 0 fully saturated rings. The number of ether oxygens (including phenoxy) is 1. The van der Waals surface area contributed by atoms with E-state index in [2.05, 4.69) is 20.8 Å². The number of hydrogen-bond acceptors (Lipinski definition) is 2. The lowest BCUT2D eigenvalue weighted by Gasteiger charge is -2.08. The Kier molecular flexibility index (Phi) is 4.54. The van der Waals surface area contributed by atoms with Crippen LogP contribution in [0.2, 0.25) is 0 Å². The van der Waals surface area contributed by atoms with Gasteiger partial charge in [0.25, 0.3) is 0 Å². The molecule has 0 atom stereocenters. The minimum absolute atomic E-state index is 0.365. The number of rotatable bonds is 3. The van der Waals surface area contributed by atoms with Crippen LogP contribution in [-0.2, 0) is 10.1 Å². The van der Waals surface area contributed by atoms with E-state index in [9.17, 15) is 4.79 Å². The van der Waals surface area contributed by atoms with E-state index in [-0.39, 0.29) is 5.97 Å². The third kappa shape index (κ3) is 3.06. The van der Waals surface area contributed by atoms with Gasteiger partial charge in [-0.05, 0) is 34.9 Å². The van der Waals surface area contributed by atoms with Crippen molar-refractivity contribution in [3.8, 4) is 11.1 Å². The van der Waals surface area contributed by atoms with E-state index >= 15 is 0 Å². The number of hydrogen-bond donors (Lipinski definition) is 0. The van der Waals surface area contributed by atoms with E-state index < -0.39 is 0 Å². The van der Waals surface area contributed by atoms with E-state index in [4.69, 9.17) is 11.3 Å². The van der Waals surface area contributed by atoms with Crippen molar-refractivity contribution in [2.45, 2.75) is 5.33 Å². The first-order valence-corrected chi connectivity index (χ1v) is 7.06. The van der Waals surface area contributed by atoms with Crippen molar-refractivity contribution in [2.75, 3.05) is 7.11 Å². The van der Waals surface area contributed by atoms with Crippen molar-refractivity contribution in [2.24, 2.45) is 0 Å². The van der Waals surface area contributed by atoms with Crippen molar-refractivity contribution >= 4 is 27.6 Å². The van der Waals surface area contributed by atoms with Crippen LogP contribution in [-0.4, -0.2) is 13.1 Å². The van der Waals surface area contributed by atoms with Crippen LogP contribution in [0.25, 0.3) is 16.0 Å². The first-order chi connectivity index (χ1) is 9.67. The fraction of sp³-hybridized carbons (Fsp3) is 0.125. The molecule has 0 amide bonds. The monoisotopic (exact) mass is 329 g/mol. The maximum absolute atomic E-state index is 11.7. The lowest BCUT2D eigenvalue weighted by atomic mass is 10.00. The fourth-order valence-electron chi connectivity index (χ4n) is 1.93. The van der Waals surface area contributed by atoms with Crippen LogP contribution in [0.3, 0.4) is 0 Å². The zero-order valence-electron chi connectivity index (χ0n) is 10.9. The molecule has 0 aliphatic rings. The lowest BCUT2D eigenvalue weighted by Crippen LogP contribution is -2.02. The second kappa shape index (κ2) is 6.36. The van der Waals surface area contributed by atoms with E-state index in [0.29, 0.717) is 16.6 Å². The lowest BCUT2D eigenvalue weighted by molar-refractivity contribution is 0.0600. The molecule has 0 saturated heterocycles. The highest BCUT2D eigenvalue weighted by Crippen LogP contribution is 2.27. The highest BCUT2D eigenvalue weighted by Gasteiger charge is 2.10. The van der Waals surface area contributed by atoms with Crippen molar-refractivity contribution in [3.05, 3.63) is 65.0 Å². The van der Waals surface area contributed by atoms with E-state index in [1.807, 2.05) is 18.2 Å². The number of nitrogens with zero attached hydrogens (tertiary/aromatic N) is 1. The maximum Gasteiger partial charge on any atom is 0.337 e. The highest BCUT2D eigenvalue weighted by atomic mass is 79.9. The first kappa shape index (κ1) is 14.3. The average Bonchev–Trinajstić information content (AvgIpc) is 2.53. The fourth-order valence-corrected chi connectivity index (χ4v) is 2.25. The van der Waals surface area contributed by atoms with Crippen molar-refractivity contribution in [3.63, 3.8) is 0 Å². The predicted octanol–water partition coefficient (Wildman–Crippen LogP) is 4.59. The Morgan fingerprint density at radius 1 is 1.25 bits per heavy atom. The molecule has 2 aromatic carbocycles. The number of halogens is 1. The zero-order chi connectivity index (χ0) is 14.5. The Morgan fingerprint density at radius 3 is 2.70 bits per heavy atom. The molecule has 3 nitrogen and oxygen atoms in total. The molecule has 0 heterocycles. The van der Waals surface area contributed by atoms with Crippen LogP contribution in [0.1, 0.15) is 15.9 Å². The molecule has 0 aromatic heterocycles. The molecule has 0 unspecified atom stereocenters. The quantitative estimate of drug-likeness (QED) is 0.468. The molecule has 0 bridgehead atoms. The summed E-state index contributed by atoms with van der Waals surface area (Å²) >= 11 is 3.40. The predicted molar refractivity (Wildman–Crippen MR) is 82.1 cm³/mol. The van der Waals surface area contributed by atoms with Gasteiger partial charge in [-0.15, -0.1) is 0 Å². The molecule has 0 N–H and O–H groups in total. The van der Waals surface area contributed by atoms with Crippen LogP contribution in [0.4, 0.5) is 5.69 Å². The van der Waals surface area contributed by atoms with Gasteiger partial charge >= 0.3 is 5.97 Å². The van der Waals surface area contributed by atoms with Gasteiger partial charge in [0.15, 0.2) is 5.69 Å². The van der Waals surface area contributed by atoms with Gasteiger partial charge in [0.1, 0.15) is 0 Å². The summed E-state index contributed by atoms with van der Waals surface area (Å²) in [6.07, 6.45) is 0. The summed E-state index contributed by atoms with van der Waals surface area (Å²) in [7, 11) is 1.36. The summed E-state index contributed by atoms with van der Waals surface area (Å²) in [4.78, 5) is 15.1. The molecule has 0 aliphatic carbocycles. The summed E-state index contributed by atoms with van der Waals surface area (Å²) in [5.41, 5.74) is 3.87.